The standard InChI is InChI=1S/C31H35NO4/c33-22-28-19-27(13-16-31(28)36-23-26-9-5-2-6-10-26)30(35)21-32(20-25-7-3-1-4-8-25)18-17-24-11-14-29(34)15-12-24/h1-14,16,19,29-30,33-35H,15,17-18,20-23H2. The van der Waals surface area contributed by atoms with Crippen LogP contribution in [0, 0.1) is 0 Å². The topological polar surface area (TPSA) is 73.2 Å². The van der Waals surface area contributed by atoms with E-state index in [9.17, 15) is 15.3 Å². The largest absolute Gasteiger partial charge is 0.489 e. The van der Waals surface area contributed by atoms with E-state index in [1.165, 1.54) is 11.1 Å². The van der Waals surface area contributed by atoms with Gasteiger partial charge in [0.15, 0.2) is 0 Å². The minimum atomic E-state index is -0.708. The van der Waals surface area contributed by atoms with Crippen LogP contribution < -0.4 is 4.74 Å². The highest BCUT2D eigenvalue weighted by Gasteiger charge is 2.17. The van der Waals surface area contributed by atoms with Gasteiger partial charge in [-0.15, -0.1) is 0 Å². The van der Waals surface area contributed by atoms with E-state index in [2.05, 4.69) is 23.1 Å². The number of allylic oxidation sites excluding steroid dienone is 1. The van der Waals surface area contributed by atoms with Crippen molar-refractivity contribution in [3.63, 3.8) is 0 Å². The Morgan fingerprint density at radius 3 is 2.33 bits per heavy atom. The van der Waals surface area contributed by atoms with Crippen LogP contribution in [0.2, 0.25) is 0 Å². The van der Waals surface area contributed by atoms with Crippen molar-refractivity contribution in [2.45, 2.75) is 44.8 Å². The minimum absolute atomic E-state index is 0.162. The van der Waals surface area contributed by atoms with Crippen LogP contribution >= 0.6 is 0 Å². The predicted molar refractivity (Wildman–Crippen MR) is 142 cm³/mol. The second-order valence-electron chi connectivity index (χ2n) is 9.23. The van der Waals surface area contributed by atoms with Crippen molar-refractivity contribution in [3.8, 4) is 5.75 Å². The molecule has 0 aromatic heterocycles. The third-order valence-electron chi connectivity index (χ3n) is 6.43. The van der Waals surface area contributed by atoms with Crippen molar-refractivity contribution >= 4 is 0 Å². The maximum Gasteiger partial charge on any atom is 0.125 e. The van der Waals surface area contributed by atoms with Crippen LogP contribution in [-0.2, 0) is 19.8 Å². The summed E-state index contributed by atoms with van der Waals surface area (Å²) in [7, 11) is 0. The molecule has 0 amide bonds. The summed E-state index contributed by atoms with van der Waals surface area (Å²) in [6, 6.07) is 25.7. The van der Waals surface area contributed by atoms with Crippen molar-refractivity contribution in [1.29, 1.82) is 0 Å². The molecule has 0 radical (unpaired) electrons. The van der Waals surface area contributed by atoms with Crippen molar-refractivity contribution < 1.29 is 20.1 Å². The van der Waals surface area contributed by atoms with Gasteiger partial charge < -0.3 is 20.1 Å². The summed E-state index contributed by atoms with van der Waals surface area (Å²) < 4.78 is 5.94. The van der Waals surface area contributed by atoms with Gasteiger partial charge in [-0.05, 0) is 41.7 Å². The average molecular weight is 486 g/mol. The lowest BCUT2D eigenvalue weighted by Gasteiger charge is -2.26. The Kier molecular flexibility index (Phi) is 9.47. The molecule has 0 fully saturated rings. The molecule has 0 saturated carbocycles. The smallest absolute Gasteiger partial charge is 0.125 e. The fraction of sp³-hybridized carbons (Fsp3) is 0.290. The molecule has 0 heterocycles. The van der Waals surface area contributed by atoms with Crippen LogP contribution in [0.4, 0.5) is 0 Å². The van der Waals surface area contributed by atoms with E-state index in [4.69, 9.17) is 4.74 Å². The maximum absolute atomic E-state index is 11.1. The SMILES string of the molecule is OCc1cc(C(O)CN(CCC2=CCC(O)C=C2)Cc2ccccc2)ccc1OCc1ccccc1. The van der Waals surface area contributed by atoms with Gasteiger partial charge in [-0.3, -0.25) is 4.90 Å². The van der Waals surface area contributed by atoms with Crippen molar-refractivity contribution in [3.05, 3.63) is 125 Å². The molecule has 36 heavy (non-hydrogen) atoms. The van der Waals surface area contributed by atoms with Gasteiger partial charge in [-0.1, -0.05) is 90.5 Å². The van der Waals surface area contributed by atoms with E-state index in [-0.39, 0.29) is 6.61 Å². The number of hydrogen-bond donors (Lipinski definition) is 3. The Labute approximate surface area is 213 Å². The molecule has 5 heteroatoms. The van der Waals surface area contributed by atoms with Crippen LogP contribution in [0.15, 0.2) is 103 Å². The molecule has 0 spiro atoms. The highest BCUT2D eigenvalue weighted by Crippen LogP contribution is 2.26. The van der Waals surface area contributed by atoms with E-state index >= 15 is 0 Å². The van der Waals surface area contributed by atoms with Crippen LogP contribution in [-0.4, -0.2) is 39.4 Å². The molecular weight excluding hydrogens is 450 g/mol. The van der Waals surface area contributed by atoms with E-state index in [1.54, 1.807) is 0 Å². The Hall–Kier alpha value is -3.22. The van der Waals surface area contributed by atoms with E-state index in [1.807, 2.05) is 78.9 Å². The molecule has 0 saturated heterocycles. The van der Waals surface area contributed by atoms with Gasteiger partial charge in [0.1, 0.15) is 12.4 Å². The molecule has 188 valence electrons. The molecule has 2 atom stereocenters. The van der Waals surface area contributed by atoms with E-state index < -0.39 is 12.2 Å². The normalized spacial score (nSPS) is 16.1. The van der Waals surface area contributed by atoms with Crippen LogP contribution in [0.25, 0.3) is 0 Å². The summed E-state index contributed by atoms with van der Waals surface area (Å²) in [5, 5.41) is 30.8. The lowest BCUT2D eigenvalue weighted by Crippen LogP contribution is -2.30. The second kappa shape index (κ2) is 13.2. The lowest BCUT2D eigenvalue weighted by atomic mass is 10.0. The second-order valence-corrected chi connectivity index (χ2v) is 9.23. The number of aliphatic hydroxyl groups excluding tert-OH is 3. The number of ether oxygens (including phenoxy) is 1. The summed E-state index contributed by atoms with van der Waals surface area (Å²) in [6.45, 7) is 2.22. The van der Waals surface area contributed by atoms with Crippen molar-refractivity contribution in [2.24, 2.45) is 0 Å². The molecule has 0 aliphatic heterocycles. The van der Waals surface area contributed by atoms with Crippen LogP contribution in [0.3, 0.4) is 0 Å². The third-order valence-corrected chi connectivity index (χ3v) is 6.43. The molecule has 4 rings (SSSR count). The van der Waals surface area contributed by atoms with Crippen LogP contribution in [0.1, 0.15) is 41.2 Å². The van der Waals surface area contributed by atoms with Crippen molar-refractivity contribution in [1.82, 2.24) is 4.90 Å². The first-order valence-electron chi connectivity index (χ1n) is 12.5. The van der Waals surface area contributed by atoms with Gasteiger partial charge in [0.05, 0.1) is 18.8 Å². The van der Waals surface area contributed by atoms with Crippen molar-refractivity contribution in [2.75, 3.05) is 13.1 Å². The Morgan fingerprint density at radius 2 is 1.67 bits per heavy atom. The zero-order valence-electron chi connectivity index (χ0n) is 20.5. The van der Waals surface area contributed by atoms with E-state index in [0.29, 0.717) is 30.9 Å². The number of aliphatic hydroxyl groups is 3. The summed E-state index contributed by atoms with van der Waals surface area (Å²) in [6.07, 6.45) is 6.31. The number of hydrogen-bond acceptors (Lipinski definition) is 5. The first-order valence-corrected chi connectivity index (χ1v) is 12.5. The van der Waals surface area contributed by atoms with Gasteiger partial charge in [-0.2, -0.15) is 0 Å². The molecule has 0 bridgehead atoms. The Morgan fingerprint density at radius 1 is 0.944 bits per heavy atom. The molecule has 3 aromatic carbocycles. The molecule has 5 nitrogen and oxygen atoms in total. The first kappa shape index (κ1) is 25.9. The summed E-state index contributed by atoms with van der Waals surface area (Å²) in [5.41, 5.74) is 4.86. The van der Waals surface area contributed by atoms with Gasteiger partial charge in [0, 0.05) is 25.2 Å². The van der Waals surface area contributed by atoms with Crippen LogP contribution in [0.5, 0.6) is 5.75 Å². The first-order chi connectivity index (χ1) is 17.6. The molecule has 1 aliphatic carbocycles. The third kappa shape index (κ3) is 7.64. The number of nitrogens with zero attached hydrogens (tertiary/aromatic N) is 1. The van der Waals surface area contributed by atoms with E-state index in [0.717, 1.165) is 30.6 Å². The molecule has 2 unspecified atom stereocenters. The monoisotopic (exact) mass is 485 g/mol. The summed E-state index contributed by atoms with van der Waals surface area (Å²) in [5.74, 6) is 0.622. The average Bonchev–Trinajstić information content (AvgIpc) is 2.92. The Bertz CT molecular complexity index is 1140. The van der Waals surface area contributed by atoms with Gasteiger partial charge in [0.2, 0.25) is 0 Å². The number of benzene rings is 3. The van der Waals surface area contributed by atoms with Gasteiger partial charge in [0.25, 0.3) is 0 Å². The molecule has 3 aromatic rings. The van der Waals surface area contributed by atoms with Gasteiger partial charge >= 0.3 is 0 Å². The zero-order chi connectivity index (χ0) is 25.2. The quantitative estimate of drug-likeness (QED) is 0.339. The maximum atomic E-state index is 11.1. The highest BCUT2D eigenvalue weighted by atomic mass is 16.5. The predicted octanol–water partition coefficient (Wildman–Crippen LogP) is 4.93. The molecule has 3 N–H and O–H groups in total. The lowest BCUT2D eigenvalue weighted by molar-refractivity contribution is 0.109. The summed E-state index contributed by atoms with van der Waals surface area (Å²) >= 11 is 0. The molecule has 1 aliphatic rings. The number of rotatable bonds is 12. The molecular formula is C31H35NO4. The summed E-state index contributed by atoms with van der Waals surface area (Å²) in [4.78, 5) is 2.25. The Balaban J connectivity index is 1.42. The zero-order valence-corrected chi connectivity index (χ0v) is 20.5. The fourth-order valence-electron chi connectivity index (χ4n) is 4.36. The highest BCUT2D eigenvalue weighted by molar-refractivity contribution is 5.38. The minimum Gasteiger partial charge on any atom is -0.489 e. The van der Waals surface area contributed by atoms with Gasteiger partial charge in [-0.25, -0.2) is 0 Å². The fourth-order valence-corrected chi connectivity index (χ4v) is 4.36.